The lowest BCUT2D eigenvalue weighted by atomic mass is 10.1. The molecular formula is C16H24O. The average molecular weight is 232 g/mol. The van der Waals surface area contributed by atoms with Gasteiger partial charge in [0.05, 0.1) is 0 Å². The Morgan fingerprint density at radius 3 is 2.47 bits per heavy atom. The first-order valence-corrected chi connectivity index (χ1v) is 6.84. The zero-order chi connectivity index (χ0) is 12.5. The molecule has 0 bridgehead atoms. The minimum absolute atomic E-state index is 0.163. The van der Waals surface area contributed by atoms with E-state index < -0.39 is 0 Å². The lowest BCUT2D eigenvalue weighted by Gasteiger charge is -2.00. The molecule has 17 heavy (non-hydrogen) atoms. The fourth-order valence-electron chi connectivity index (χ4n) is 1.99. The van der Waals surface area contributed by atoms with E-state index in [9.17, 15) is 4.79 Å². The third-order valence-electron chi connectivity index (χ3n) is 3.18. The van der Waals surface area contributed by atoms with E-state index in [0.717, 1.165) is 12.0 Å². The number of aryl methyl sites for hydroxylation is 2. The van der Waals surface area contributed by atoms with Crippen LogP contribution in [0.1, 0.15) is 56.6 Å². The molecule has 0 unspecified atom stereocenters. The average Bonchev–Trinajstić information content (AvgIpc) is 2.47. The Morgan fingerprint density at radius 2 is 1.71 bits per heavy atom. The second-order valence-electron chi connectivity index (χ2n) is 4.81. The molecule has 0 aliphatic heterocycles. The molecule has 94 valence electrons. The van der Waals surface area contributed by atoms with Crippen molar-refractivity contribution < 1.29 is 0 Å². The summed E-state index contributed by atoms with van der Waals surface area (Å²) in [5, 5.41) is 0. The van der Waals surface area contributed by atoms with E-state index in [1.807, 2.05) is 19.1 Å². The van der Waals surface area contributed by atoms with E-state index in [1.165, 1.54) is 44.1 Å². The standard InChI is InChI=1S/C16H24O/c1-3-4-5-6-7-8-11-15-12-9-10-14(2)16(17)13-15/h9-10,12-13H,3-8,11H2,1-2H3. The molecular weight excluding hydrogens is 208 g/mol. The third kappa shape index (κ3) is 5.67. The molecule has 0 atom stereocenters. The van der Waals surface area contributed by atoms with Gasteiger partial charge in [-0.2, -0.15) is 0 Å². The number of hydrogen-bond acceptors (Lipinski definition) is 1. The summed E-state index contributed by atoms with van der Waals surface area (Å²) in [6, 6.07) is 7.75. The van der Waals surface area contributed by atoms with Crippen molar-refractivity contribution in [3.8, 4) is 0 Å². The maximum absolute atomic E-state index is 11.6. The first-order chi connectivity index (χ1) is 8.24. The summed E-state index contributed by atoms with van der Waals surface area (Å²) in [6.07, 6.45) is 8.85. The predicted octanol–water partition coefficient (Wildman–Crippen LogP) is 4.26. The van der Waals surface area contributed by atoms with E-state index in [-0.39, 0.29) is 5.43 Å². The summed E-state index contributed by atoms with van der Waals surface area (Å²) in [4.78, 5) is 11.6. The first kappa shape index (κ1) is 14.0. The molecule has 1 aromatic rings. The Kier molecular flexibility index (Phi) is 6.61. The molecule has 1 heteroatoms. The van der Waals surface area contributed by atoms with Crippen LogP contribution in [0.2, 0.25) is 0 Å². The summed E-state index contributed by atoms with van der Waals surface area (Å²) < 4.78 is 0. The van der Waals surface area contributed by atoms with E-state index in [1.54, 1.807) is 6.07 Å². The van der Waals surface area contributed by atoms with Gasteiger partial charge < -0.3 is 0 Å². The molecule has 0 spiro atoms. The van der Waals surface area contributed by atoms with Crippen LogP contribution in [0.15, 0.2) is 29.1 Å². The van der Waals surface area contributed by atoms with Crippen LogP contribution < -0.4 is 5.43 Å². The van der Waals surface area contributed by atoms with Crippen LogP contribution in [0, 0.1) is 6.92 Å². The topological polar surface area (TPSA) is 17.1 Å². The van der Waals surface area contributed by atoms with Crippen molar-refractivity contribution in [1.29, 1.82) is 0 Å². The summed E-state index contributed by atoms with van der Waals surface area (Å²) in [7, 11) is 0. The van der Waals surface area contributed by atoms with Crippen molar-refractivity contribution in [3.05, 3.63) is 45.6 Å². The van der Waals surface area contributed by atoms with E-state index in [0.29, 0.717) is 0 Å². The minimum atomic E-state index is 0.163. The summed E-state index contributed by atoms with van der Waals surface area (Å²) in [5.41, 5.74) is 2.17. The summed E-state index contributed by atoms with van der Waals surface area (Å²) in [5.74, 6) is 0. The molecule has 0 saturated heterocycles. The van der Waals surface area contributed by atoms with Crippen LogP contribution >= 0.6 is 0 Å². The highest BCUT2D eigenvalue weighted by Gasteiger charge is 1.95. The molecule has 0 aliphatic carbocycles. The molecule has 1 aromatic carbocycles. The van der Waals surface area contributed by atoms with Gasteiger partial charge in [-0.1, -0.05) is 57.2 Å². The molecule has 1 rings (SSSR count). The number of unbranched alkanes of at least 4 members (excludes halogenated alkanes) is 5. The van der Waals surface area contributed by atoms with Gasteiger partial charge in [-0.25, -0.2) is 0 Å². The van der Waals surface area contributed by atoms with Gasteiger partial charge in [0, 0.05) is 0 Å². The minimum Gasteiger partial charge on any atom is -0.290 e. The maximum Gasteiger partial charge on any atom is 0.181 e. The highest BCUT2D eigenvalue weighted by molar-refractivity contribution is 5.19. The van der Waals surface area contributed by atoms with Gasteiger partial charge in [0.15, 0.2) is 5.43 Å². The Morgan fingerprint density at radius 1 is 1.00 bits per heavy atom. The predicted molar refractivity (Wildman–Crippen MR) is 74.5 cm³/mol. The lowest BCUT2D eigenvalue weighted by molar-refractivity contribution is 0.607. The second kappa shape index (κ2) is 8.05. The van der Waals surface area contributed by atoms with Crippen LogP contribution in [0.4, 0.5) is 0 Å². The Balaban J connectivity index is 2.35. The van der Waals surface area contributed by atoms with Gasteiger partial charge >= 0.3 is 0 Å². The summed E-state index contributed by atoms with van der Waals surface area (Å²) in [6.45, 7) is 4.11. The lowest BCUT2D eigenvalue weighted by Crippen LogP contribution is -1.99. The molecule has 0 heterocycles. The van der Waals surface area contributed by atoms with E-state index in [2.05, 4.69) is 13.0 Å². The maximum atomic E-state index is 11.6. The number of hydrogen-bond donors (Lipinski definition) is 0. The zero-order valence-electron chi connectivity index (χ0n) is 11.2. The Bertz CT molecular complexity index is 382. The Hall–Kier alpha value is -1.11. The van der Waals surface area contributed by atoms with Gasteiger partial charge in [-0.15, -0.1) is 0 Å². The van der Waals surface area contributed by atoms with Gasteiger partial charge in [0.25, 0.3) is 0 Å². The first-order valence-electron chi connectivity index (χ1n) is 6.84. The number of rotatable bonds is 7. The van der Waals surface area contributed by atoms with Crippen LogP contribution in [0.5, 0.6) is 0 Å². The van der Waals surface area contributed by atoms with Crippen LogP contribution in [-0.4, -0.2) is 0 Å². The fraction of sp³-hybridized carbons (Fsp3) is 0.562. The monoisotopic (exact) mass is 232 g/mol. The summed E-state index contributed by atoms with van der Waals surface area (Å²) >= 11 is 0. The largest absolute Gasteiger partial charge is 0.290 e. The van der Waals surface area contributed by atoms with E-state index in [4.69, 9.17) is 0 Å². The van der Waals surface area contributed by atoms with Gasteiger partial charge in [-0.05, 0) is 37.0 Å². The molecule has 0 radical (unpaired) electrons. The van der Waals surface area contributed by atoms with E-state index >= 15 is 0 Å². The second-order valence-corrected chi connectivity index (χ2v) is 4.81. The van der Waals surface area contributed by atoms with Crippen molar-refractivity contribution in [3.63, 3.8) is 0 Å². The Labute approximate surface area is 105 Å². The van der Waals surface area contributed by atoms with Gasteiger partial charge in [0.1, 0.15) is 0 Å². The van der Waals surface area contributed by atoms with Crippen molar-refractivity contribution in [2.45, 2.75) is 58.8 Å². The molecule has 0 aliphatic rings. The zero-order valence-corrected chi connectivity index (χ0v) is 11.2. The van der Waals surface area contributed by atoms with Crippen molar-refractivity contribution in [2.75, 3.05) is 0 Å². The molecule has 1 nitrogen and oxygen atoms in total. The van der Waals surface area contributed by atoms with Crippen LogP contribution in [0.25, 0.3) is 0 Å². The quantitative estimate of drug-likeness (QED) is 0.642. The highest BCUT2D eigenvalue weighted by atomic mass is 16.1. The SMILES string of the molecule is CCCCCCCCc1cccc(C)c(=O)c1. The third-order valence-corrected chi connectivity index (χ3v) is 3.18. The van der Waals surface area contributed by atoms with Crippen LogP contribution in [-0.2, 0) is 6.42 Å². The fourth-order valence-corrected chi connectivity index (χ4v) is 1.99. The molecule has 0 saturated carbocycles. The highest BCUT2D eigenvalue weighted by Crippen LogP contribution is 2.08. The smallest absolute Gasteiger partial charge is 0.181 e. The molecule has 0 aromatic heterocycles. The van der Waals surface area contributed by atoms with Crippen molar-refractivity contribution >= 4 is 0 Å². The van der Waals surface area contributed by atoms with Gasteiger partial charge in [-0.3, -0.25) is 4.79 Å². The van der Waals surface area contributed by atoms with Crippen LogP contribution in [0.3, 0.4) is 0 Å². The molecule has 0 N–H and O–H groups in total. The molecule has 0 amide bonds. The van der Waals surface area contributed by atoms with Crippen molar-refractivity contribution in [1.82, 2.24) is 0 Å². The van der Waals surface area contributed by atoms with Gasteiger partial charge in [0.2, 0.25) is 0 Å². The normalized spacial score (nSPS) is 10.5. The molecule has 0 fully saturated rings. The van der Waals surface area contributed by atoms with Crippen molar-refractivity contribution in [2.24, 2.45) is 0 Å².